The van der Waals surface area contributed by atoms with Crippen molar-refractivity contribution in [1.29, 1.82) is 0 Å². The topological polar surface area (TPSA) is 42.0 Å². The molecule has 0 saturated carbocycles. The van der Waals surface area contributed by atoms with Crippen molar-refractivity contribution in [1.82, 2.24) is 4.90 Å². The fourth-order valence-corrected chi connectivity index (χ4v) is 3.90. The van der Waals surface area contributed by atoms with Gasteiger partial charge in [-0.2, -0.15) is 0 Å². The van der Waals surface area contributed by atoms with Crippen molar-refractivity contribution in [3.63, 3.8) is 0 Å². The van der Waals surface area contributed by atoms with Crippen LogP contribution >= 0.6 is 0 Å². The largest absolute Gasteiger partial charge is 0.371 e. The number of benzene rings is 1. The van der Waals surface area contributed by atoms with E-state index in [1.54, 1.807) is 0 Å². The number of para-hydroxylation sites is 1. The number of anilines is 1. The number of hydrogen-bond acceptors (Lipinski definition) is 4. The highest BCUT2D eigenvalue weighted by Crippen LogP contribution is 2.34. The molecule has 3 heterocycles. The Hall–Kier alpha value is -1.59. The van der Waals surface area contributed by atoms with E-state index in [1.165, 1.54) is 11.3 Å². The molecule has 5 nitrogen and oxygen atoms in total. The average Bonchev–Trinajstić information content (AvgIpc) is 3.19. The van der Waals surface area contributed by atoms with Crippen molar-refractivity contribution in [3.05, 3.63) is 29.8 Å². The van der Waals surface area contributed by atoms with E-state index < -0.39 is 0 Å². The second-order valence-electron chi connectivity index (χ2n) is 6.64. The summed E-state index contributed by atoms with van der Waals surface area (Å²) < 4.78 is 11.6. The Morgan fingerprint density at radius 2 is 1.78 bits per heavy atom. The van der Waals surface area contributed by atoms with Crippen molar-refractivity contribution in [2.45, 2.75) is 38.0 Å². The summed E-state index contributed by atoms with van der Waals surface area (Å²) in [5.41, 5.74) is 2.49. The van der Waals surface area contributed by atoms with Gasteiger partial charge in [0.2, 0.25) is 5.91 Å². The van der Waals surface area contributed by atoms with E-state index in [1.807, 2.05) is 4.90 Å². The Kier molecular flexibility index (Phi) is 3.99. The molecule has 3 aliphatic heterocycles. The van der Waals surface area contributed by atoms with E-state index in [0.29, 0.717) is 19.6 Å². The second kappa shape index (κ2) is 6.13. The molecule has 1 spiro atoms. The van der Waals surface area contributed by atoms with Crippen molar-refractivity contribution >= 4 is 11.6 Å². The first-order valence-electron chi connectivity index (χ1n) is 8.64. The zero-order chi connectivity index (χ0) is 15.7. The standard InChI is InChI=1S/C18H24N2O3/c21-17-6-3-9-20(17)14-15-4-1-2-5-16(15)19-10-7-18(8-11-19)22-12-13-23-18/h1-2,4-5H,3,6-14H2. The first-order valence-corrected chi connectivity index (χ1v) is 8.64. The number of nitrogens with zero attached hydrogens (tertiary/aromatic N) is 2. The SMILES string of the molecule is O=C1CCCN1Cc1ccccc1N1CCC2(CC1)OCCO2. The van der Waals surface area contributed by atoms with Gasteiger partial charge in [-0.1, -0.05) is 18.2 Å². The molecule has 0 unspecified atom stereocenters. The molecule has 0 atom stereocenters. The van der Waals surface area contributed by atoms with Gasteiger partial charge >= 0.3 is 0 Å². The maximum absolute atomic E-state index is 11.9. The van der Waals surface area contributed by atoms with Crippen LogP contribution < -0.4 is 4.90 Å². The van der Waals surface area contributed by atoms with Crippen LogP contribution in [-0.4, -0.2) is 49.4 Å². The van der Waals surface area contributed by atoms with Gasteiger partial charge < -0.3 is 19.3 Å². The number of carbonyl (C=O) groups is 1. The summed E-state index contributed by atoms with van der Waals surface area (Å²) in [6.07, 6.45) is 3.50. The minimum atomic E-state index is -0.337. The molecule has 3 fully saturated rings. The van der Waals surface area contributed by atoms with Gasteiger partial charge in [0, 0.05) is 51.1 Å². The molecule has 0 radical (unpaired) electrons. The molecule has 3 aliphatic rings. The van der Waals surface area contributed by atoms with Crippen molar-refractivity contribution in [3.8, 4) is 0 Å². The molecule has 0 aliphatic carbocycles. The zero-order valence-corrected chi connectivity index (χ0v) is 13.5. The third-order valence-corrected chi connectivity index (χ3v) is 5.20. The lowest BCUT2D eigenvalue weighted by molar-refractivity contribution is -0.169. The number of ether oxygens (including phenoxy) is 2. The summed E-state index contributed by atoms with van der Waals surface area (Å²) in [5.74, 6) is -0.0544. The van der Waals surface area contributed by atoms with Crippen LogP contribution in [0.2, 0.25) is 0 Å². The molecule has 4 rings (SSSR count). The molecule has 1 aromatic carbocycles. The van der Waals surface area contributed by atoms with Crippen LogP contribution in [0.15, 0.2) is 24.3 Å². The Morgan fingerprint density at radius 3 is 2.48 bits per heavy atom. The summed E-state index contributed by atoms with van der Waals surface area (Å²) >= 11 is 0. The first kappa shape index (κ1) is 15.0. The molecule has 0 bridgehead atoms. The second-order valence-corrected chi connectivity index (χ2v) is 6.64. The lowest BCUT2D eigenvalue weighted by Gasteiger charge is -2.39. The highest BCUT2D eigenvalue weighted by molar-refractivity contribution is 5.78. The number of hydrogen-bond donors (Lipinski definition) is 0. The molecule has 0 aromatic heterocycles. The average molecular weight is 316 g/mol. The minimum Gasteiger partial charge on any atom is -0.371 e. The van der Waals surface area contributed by atoms with E-state index in [-0.39, 0.29) is 11.7 Å². The summed E-state index contributed by atoms with van der Waals surface area (Å²) in [6.45, 7) is 4.92. The quantitative estimate of drug-likeness (QED) is 0.857. The van der Waals surface area contributed by atoms with Crippen LogP contribution in [-0.2, 0) is 20.8 Å². The van der Waals surface area contributed by atoms with Gasteiger partial charge in [0.15, 0.2) is 5.79 Å². The molecular weight excluding hydrogens is 292 g/mol. The van der Waals surface area contributed by atoms with E-state index in [4.69, 9.17) is 9.47 Å². The highest BCUT2D eigenvalue weighted by Gasteiger charge is 2.40. The van der Waals surface area contributed by atoms with Gasteiger partial charge in [0.25, 0.3) is 0 Å². The molecular formula is C18H24N2O3. The predicted octanol–water partition coefficient (Wildman–Crippen LogP) is 2.15. The molecule has 1 amide bonds. The van der Waals surface area contributed by atoms with E-state index in [9.17, 15) is 4.79 Å². The normalized spacial score (nSPS) is 23.9. The molecule has 0 N–H and O–H groups in total. The van der Waals surface area contributed by atoms with Gasteiger partial charge in [-0.15, -0.1) is 0 Å². The monoisotopic (exact) mass is 316 g/mol. The van der Waals surface area contributed by atoms with Gasteiger partial charge in [0.1, 0.15) is 0 Å². The third kappa shape index (κ3) is 2.95. The van der Waals surface area contributed by atoms with E-state index >= 15 is 0 Å². The zero-order valence-electron chi connectivity index (χ0n) is 13.5. The van der Waals surface area contributed by atoms with E-state index in [0.717, 1.165) is 45.4 Å². The summed E-state index contributed by atoms with van der Waals surface area (Å²) in [4.78, 5) is 16.3. The van der Waals surface area contributed by atoms with Crippen LogP contribution in [0.25, 0.3) is 0 Å². The Bertz CT molecular complexity index is 573. The minimum absolute atomic E-state index is 0.283. The number of piperidine rings is 1. The summed E-state index contributed by atoms with van der Waals surface area (Å²) in [7, 11) is 0. The number of carbonyl (C=O) groups excluding carboxylic acids is 1. The van der Waals surface area contributed by atoms with Gasteiger partial charge in [-0.3, -0.25) is 4.79 Å². The molecule has 5 heteroatoms. The van der Waals surface area contributed by atoms with Crippen molar-refractivity contribution in [2.24, 2.45) is 0 Å². The highest BCUT2D eigenvalue weighted by atomic mass is 16.7. The van der Waals surface area contributed by atoms with Gasteiger partial charge in [-0.05, 0) is 18.1 Å². The fraction of sp³-hybridized carbons (Fsp3) is 0.611. The lowest BCUT2D eigenvalue weighted by Crippen LogP contribution is -2.45. The summed E-state index contributed by atoms with van der Waals surface area (Å²) in [5, 5.41) is 0. The maximum Gasteiger partial charge on any atom is 0.222 e. The smallest absolute Gasteiger partial charge is 0.222 e. The predicted molar refractivity (Wildman–Crippen MR) is 87.2 cm³/mol. The van der Waals surface area contributed by atoms with Gasteiger partial charge in [-0.25, -0.2) is 0 Å². The lowest BCUT2D eigenvalue weighted by atomic mass is 10.0. The number of amides is 1. The van der Waals surface area contributed by atoms with Gasteiger partial charge in [0.05, 0.1) is 13.2 Å². The fourth-order valence-electron chi connectivity index (χ4n) is 3.90. The summed E-state index contributed by atoms with van der Waals surface area (Å²) in [6, 6.07) is 8.46. The molecule has 1 aromatic rings. The first-order chi connectivity index (χ1) is 11.3. The Labute approximate surface area is 137 Å². The number of rotatable bonds is 3. The van der Waals surface area contributed by atoms with Crippen LogP contribution in [0.1, 0.15) is 31.2 Å². The third-order valence-electron chi connectivity index (χ3n) is 5.20. The molecule has 124 valence electrons. The van der Waals surface area contributed by atoms with Crippen LogP contribution in [0, 0.1) is 0 Å². The van der Waals surface area contributed by atoms with Crippen LogP contribution in [0.4, 0.5) is 5.69 Å². The van der Waals surface area contributed by atoms with Crippen LogP contribution in [0.5, 0.6) is 0 Å². The molecule has 3 saturated heterocycles. The van der Waals surface area contributed by atoms with Crippen molar-refractivity contribution in [2.75, 3.05) is 37.7 Å². The Morgan fingerprint density at radius 1 is 1.04 bits per heavy atom. The maximum atomic E-state index is 11.9. The molecule has 23 heavy (non-hydrogen) atoms. The Balaban J connectivity index is 1.47. The van der Waals surface area contributed by atoms with Crippen molar-refractivity contribution < 1.29 is 14.3 Å². The van der Waals surface area contributed by atoms with Crippen LogP contribution in [0.3, 0.4) is 0 Å². The van der Waals surface area contributed by atoms with E-state index in [2.05, 4.69) is 29.2 Å². The number of likely N-dealkylation sites (tertiary alicyclic amines) is 1.